The summed E-state index contributed by atoms with van der Waals surface area (Å²) in [6, 6.07) is 9.79. The third kappa shape index (κ3) is 3.26. The maximum absolute atomic E-state index is 12.3. The van der Waals surface area contributed by atoms with Crippen LogP contribution >= 0.6 is 0 Å². The summed E-state index contributed by atoms with van der Waals surface area (Å²) in [5, 5.41) is 14.6. The zero-order valence-corrected chi connectivity index (χ0v) is 13.8. The minimum atomic E-state index is -0.968. The van der Waals surface area contributed by atoms with Crippen molar-refractivity contribution < 1.29 is 23.9 Å². The first-order valence-corrected chi connectivity index (χ1v) is 7.79. The summed E-state index contributed by atoms with van der Waals surface area (Å²) in [4.78, 5) is 35.5. The Morgan fingerprint density at radius 2 is 1.72 bits per heavy atom. The van der Waals surface area contributed by atoms with Crippen LogP contribution in [0.2, 0.25) is 0 Å². The van der Waals surface area contributed by atoms with Gasteiger partial charge in [-0.25, -0.2) is 0 Å². The Kier molecular flexibility index (Phi) is 4.08. The van der Waals surface area contributed by atoms with Crippen LogP contribution in [0.3, 0.4) is 0 Å². The number of carbonyl (C=O) groups excluding carboxylic acids is 2. The predicted molar refractivity (Wildman–Crippen MR) is 90.1 cm³/mol. The first-order valence-electron chi connectivity index (χ1n) is 7.79. The van der Waals surface area contributed by atoms with E-state index in [9.17, 15) is 19.5 Å². The van der Waals surface area contributed by atoms with E-state index in [0.717, 1.165) is 0 Å². The molecule has 3 rings (SSSR count). The van der Waals surface area contributed by atoms with E-state index in [-0.39, 0.29) is 11.7 Å². The molecule has 7 heteroatoms. The number of hydrogen-bond donors (Lipinski definition) is 3. The van der Waals surface area contributed by atoms with Crippen LogP contribution in [0.5, 0.6) is 0 Å². The SMILES string of the molecule is CC1(C)[C@@H](C(=O)O)[C@@H]1C(=O)Nc1cccc(NC(=O)c2ccco2)c1. The lowest BCUT2D eigenvalue weighted by Gasteiger charge is -2.09. The van der Waals surface area contributed by atoms with Gasteiger partial charge in [-0.2, -0.15) is 0 Å². The molecule has 1 aromatic carbocycles. The van der Waals surface area contributed by atoms with Crippen molar-refractivity contribution in [3.63, 3.8) is 0 Å². The number of carbonyl (C=O) groups is 3. The highest BCUT2D eigenvalue weighted by molar-refractivity contribution is 6.03. The smallest absolute Gasteiger partial charge is 0.307 e. The van der Waals surface area contributed by atoms with Crippen molar-refractivity contribution in [2.45, 2.75) is 13.8 Å². The van der Waals surface area contributed by atoms with Gasteiger partial charge in [-0.1, -0.05) is 19.9 Å². The summed E-state index contributed by atoms with van der Waals surface area (Å²) >= 11 is 0. The molecule has 0 spiro atoms. The number of nitrogens with one attached hydrogen (secondary N) is 2. The molecule has 1 aliphatic carbocycles. The molecule has 0 unspecified atom stereocenters. The van der Waals surface area contributed by atoms with Gasteiger partial charge in [0.05, 0.1) is 18.1 Å². The van der Waals surface area contributed by atoms with E-state index >= 15 is 0 Å². The highest BCUT2D eigenvalue weighted by atomic mass is 16.4. The molecule has 2 aromatic rings. The molecule has 3 N–H and O–H groups in total. The number of benzene rings is 1. The van der Waals surface area contributed by atoms with Crippen LogP contribution in [0.1, 0.15) is 24.4 Å². The number of amides is 2. The predicted octanol–water partition coefficient (Wildman–Crippen LogP) is 2.83. The molecule has 0 saturated heterocycles. The second-order valence-corrected chi connectivity index (χ2v) is 6.62. The molecule has 1 aromatic heterocycles. The Labute approximate surface area is 144 Å². The molecule has 1 saturated carbocycles. The molecule has 7 nitrogen and oxygen atoms in total. The molecule has 0 bridgehead atoms. The summed E-state index contributed by atoms with van der Waals surface area (Å²) in [6.07, 6.45) is 1.40. The Hall–Kier alpha value is -3.09. The number of anilines is 2. The van der Waals surface area contributed by atoms with Crippen molar-refractivity contribution in [2.24, 2.45) is 17.3 Å². The molecule has 2 atom stereocenters. The molecule has 2 amide bonds. The number of furan rings is 1. The number of rotatable bonds is 5. The average Bonchev–Trinajstić information content (AvgIpc) is 2.88. The zero-order chi connectivity index (χ0) is 18.2. The summed E-state index contributed by atoms with van der Waals surface area (Å²) in [6.45, 7) is 3.52. The van der Waals surface area contributed by atoms with Gasteiger partial charge in [-0.15, -0.1) is 0 Å². The highest BCUT2D eigenvalue weighted by Gasteiger charge is 2.65. The standard InChI is InChI=1S/C18H18N2O5/c1-18(2)13(14(18)17(23)24)16(22)20-11-6-3-5-10(9-11)19-15(21)12-7-4-8-25-12/h3-9,13-14H,1-2H3,(H,19,21)(H,20,22)(H,23,24)/t13-,14-/m1/s1. The fraction of sp³-hybridized carbons (Fsp3) is 0.278. The lowest BCUT2D eigenvalue weighted by atomic mass is 10.1. The fourth-order valence-electron chi connectivity index (χ4n) is 3.08. The summed E-state index contributed by atoms with van der Waals surface area (Å²) in [5.41, 5.74) is 0.402. The quantitative estimate of drug-likeness (QED) is 0.774. The van der Waals surface area contributed by atoms with Crippen LogP contribution in [-0.4, -0.2) is 22.9 Å². The van der Waals surface area contributed by atoms with Gasteiger partial charge in [-0.05, 0) is 35.7 Å². The molecular weight excluding hydrogens is 324 g/mol. The Morgan fingerprint density at radius 3 is 2.28 bits per heavy atom. The first-order chi connectivity index (χ1) is 11.8. The van der Waals surface area contributed by atoms with Gasteiger partial charge in [0.25, 0.3) is 5.91 Å². The van der Waals surface area contributed by atoms with Crippen LogP contribution in [0.15, 0.2) is 47.1 Å². The molecule has 1 heterocycles. The third-order valence-corrected chi connectivity index (χ3v) is 4.51. The normalized spacial score (nSPS) is 20.6. The van der Waals surface area contributed by atoms with Gasteiger partial charge in [0, 0.05) is 11.4 Å². The molecule has 1 fully saturated rings. The van der Waals surface area contributed by atoms with Crippen molar-refractivity contribution in [2.75, 3.05) is 10.6 Å². The van der Waals surface area contributed by atoms with Crippen LogP contribution in [0.4, 0.5) is 11.4 Å². The summed E-state index contributed by atoms with van der Waals surface area (Å²) in [5.74, 6) is -2.79. The maximum Gasteiger partial charge on any atom is 0.307 e. The third-order valence-electron chi connectivity index (χ3n) is 4.51. The number of hydrogen-bond acceptors (Lipinski definition) is 4. The van der Waals surface area contributed by atoms with E-state index in [1.54, 1.807) is 50.2 Å². The lowest BCUT2D eigenvalue weighted by Crippen LogP contribution is -2.18. The summed E-state index contributed by atoms with van der Waals surface area (Å²) < 4.78 is 5.02. The van der Waals surface area contributed by atoms with E-state index in [1.807, 2.05) is 0 Å². The van der Waals surface area contributed by atoms with E-state index in [1.165, 1.54) is 6.26 Å². The van der Waals surface area contributed by atoms with Crippen molar-refractivity contribution >= 4 is 29.2 Å². The van der Waals surface area contributed by atoms with Crippen LogP contribution < -0.4 is 10.6 Å². The minimum absolute atomic E-state index is 0.179. The first kappa shape index (κ1) is 16.8. The van der Waals surface area contributed by atoms with Crippen LogP contribution in [0, 0.1) is 17.3 Å². The summed E-state index contributed by atoms with van der Waals surface area (Å²) in [7, 11) is 0. The number of carboxylic acids is 1. The molecule has 1 aliphatic rings. The fourth-order valence-corrected chi connectivity index (χ4v) is 3.08. The number of carboxylic acid groups (broad SMARTS) is 1. The van der Waals surface area contributed by atoms with E-state index in [2.05, 4.69) is 10.6 Å². The maximum atomic E-state index is 12.3. The molecule has 130 valence electrons. The van der Waals surface area contributed by atoms with Gasteiger partial charge < -0.3 is 20.2 Å². The van der Waals surface area contributed by atoms with Gasteiger partial charge >= 0.3 is 5.97 Å². The lowest BCUT2D eigenvalue weighted by molar-refractivity contribution is -0.140. The van der Waals surface area contributed by atoms with Crippen molar-refractivity contribution in [3.05, 3.63) is 48.4 Å². The van der Waals surface area contributed by atoms with Gasteiger partial charge in [-0.3, -0.25) is 14.4 Å². The van der Waals surface area contributed by atoms with E-state index < -0.39 is 29.1 Å². The zero-order valence-electron chi connectivity index (χ0n) is 13.8. The highest BCUT2D eigenvalue weighted by Crippen LogP contribution is 2.58. The minimum Gasteiger partial charge on any atom is -0.481 e. The monoisotopic (exact) mass is 342 g/mol. The van der Waals surface area contributed by atoms with E-state index in [4.69, 9.17) is 4.42 Å². The Bertz CT molecular complexity index is 826. The van der Waals surface area contributed by atoms with Crippen LogP contribution in [0.25, 0.3) is 0 Å². The largest absolute Gasteiger partial charge is 0.481 e. The van der Waals surface area contributed by atoms with Gasteiger partial charge in [0.15, 0.2) is 5.76 Å². The molecule has 0 aliphatic heterocycles. The van der Waals surface area contributed by atoms with Gasteiger partial charge in [0.1, 0.15) is 0 Å². The van der Waals surface area contributed by atoms with Crippen molar-refractivity contribution in [1.29, 1.82) is 0 Å². The molecule has 25 heavy (non-hydrogen) atoms. The van der Waals surface area contributed by atoms with Gasteiger partial charge in [0.2, 0.25) is 5.91 Å². The van der Waals surface area contributed by atoms with E-state index in [0.29, 0.717) is 11.4 Å². The van der Waals surface area contributed by atoms with Crippen molar-refractivity contribution in [3.8, 4) is 0 Å². The second-order valence-electron chi connectivity index (χ2n) is 6.62. The Balaban J connectivity index is 1.67. The Morgan fingerprint density at radius 1 is 1.04 bits per heavy atom. The topological polar surface area (TPSA) is 109 Å². The average molecular weight is 342 g/mol. The molecule has 0 radical (unpaired) electrons. The molecular formula is C18H18N2O5. The van der Waals surface area contributed by atoms with Crippen LogP contribution in [-0.2, 0) is 9.59 Å². The van der Waals surface area contributed by atoms with Crippen molar-refractivity contribution in [1.82, 2.24) is 0 Å². The second kappa shape index (κ2) is 6.08. The number of aliphatic carboxylic acids is 1.